The highest BCUT2D eigenvalue weighted by Crippen LogP contribution is 2.32. The van der Waals surface area contributed by atoms with Gasteiger partial charge in [0, 0.05) is 30.6 Å². The van der Waals surface area contributed by atoms with Crippen LogP contribution in [-0.4, -0.2) is 52.0 Å². The molecular weight excluding hydrogens is 337 g/mol. The summed E-state index contributed by atoms with van der Waals surface area (Å²) in [6, 6.07) is 3.96. The van der Waals surface area contributed by atoms with Crippen LogP contribution in [-0.2, 0) is 10.9 Å². The Morgan fingerprint density at radius 3 is 2.80 bits per heavy atom. The third kappa shape index (κ3) is 3.88. The van der Waals surface area contributed by atoms with Gasteiger partial charge in [-0.15, -0.1) is 0 Å². The summed E-state index contributed by atoms with van der Waals surface area (Å²) in [5, 5.41) is 9.29. The van der Waals surface area contributed by atoms with Crippen molar-refractivity contribution < 1.29 is 23.0 Å². The average molecular weight is 354 g/mol. The normalized spacial score (nSPS) is 21.4. The molecule has 6 nitrogen and oxygen atoms in total. The van der Waals surface area contributed by atoms with Crippen molar-refractivity contribution in [2.24, 2.45) is 0 Å². The van der Waals surface area contributed by atoms with Crippen LogP contribution in [0.2, 0.25) is 0 Å². The maximum absolute atomic E-state index is 13.3. The number of aromatic nitrogens is 3. The van der Waals surface area contributed by atoms with E-state index in [9.17, 15) is 18.3 Å². The minimum Gasteiger partial charge on any atom is -0.394 e. The van der Waals surface area contributed by atoms with Gasteiger partial charge in [0.1, 0.15) is 5.82 Å². The predicted molar refractivity (Wildman–Crippen MR) is 83.9 cm³/mol. The molecule has 0 radical (unpaired) electrons. The molecule has 1 fully saturated rings. The van der Waals surface area contributed by atoms with Crippen LogP contribution in [0.1, 0.15) is 12.6 Å². The molecule has 0 aromatic carbocycles. The number of hydrogen-bond acceptors (Lipinski definition) is 6. The van der Waals surface area contributed by atoms with E-state index in [0.717, 1.165) is 6.07 Å². The van der Waals surface area contributed by atoms with Gasteiger partial charge in [-0.2, -0.15) is 13.2 Å². The van der Waals surface area contributed by atoms with Crippen molar-refractivity contribution in [1.29, 1.82) is 0 Å². The van der Waals surface area contributed by atoms with Crippen molar-refractivity contribution in [1.82, 2.24) is 15.0 Å². The third-order valence-corrected chi connectivity index (χ3v) is 3.93. The quantitative estimate of drug-likeness (QED) is 0.911. The van der Waals surface area contributed by atoms with E-state index in [0.29, 0.717) is 12.2 Å². The molecule has 0 aliphatic carbocycles. The van der Waals surface area contributed by atoms with Gasteiger partial charge >= 0.3 is 6.18 Å². The summed E-state index contributed by atoms with van der Waals surface area (Å²) in [6.07, 6.45) is -2.13. The van der Waals surface area contributed by atoms with Crippen molar-refractivity contribution in [3.05, 3.63) is 36.3 Å². The summed E-state index contributed by atoms with van der Waals surface area (Å²) >= 11 is 0. The van der Waals surface area contributed by atoms with Crippen LogP contribution >= 0.6 is 0 Å². The molecule has 2 unspecified atom stereocenters. The first-order chi connectivity index (χ1) is 11.9. The van der Waals surface area contributed by atoms with Crippen molar-refractivity contribution >= 4 is 5.82 Å². The Labute approximate surface area is 142 Å². The fourth-order valence-electron chi connectivity index (χ4n) is 2.60. The zero-order chi connectivity index (χ0) is 18.0. The molecular formula is C16H17F3N4O2. The lowest BCUT2D eigenvalue weighted by Gasteiger charge is -2.38. The van der Waals surface area contributed by atoms with Gasteiger partial charge in [0.15, 0.2) is 11.5 Å². The number of alkyl halides is 3. The van der Waals surface area contributed by atoms with E-state index in [1.807, 2.05) is 6.92 Å². The summed E-state index contributed by atoms with van der Waals surface area (Å²) < 4.78 is 45.3. The minimum atomic E-state index is -4.60. The van der Waals surface area contributed by atoms with E-state index in [1.54, 1.807) is 17.0 Å². The van der Waals surface area contributed by atoms with Crippen LogP contribution in [0.5, 0.6) is 0 Å². The molecule has 1 aliphatic heterocycles. The number of hydrogen-bond donors (Lipinski definition) is 1. The van der Waals surface area contributed by atoms with Crippen LogP contribution in [0.4, 0.5) is 19.0 Å². The number of morpholine rings is 1. The van der Waals surface area contributed by atoms with Crippen molar-refractivity contribution in [3.63, 3.8) is 0 Å². The van der Waals surface area contributed by atoms with Crippen molar-refractivity contribution in [2.75, 3.05) is 24.7 Å². The van der Waals surface area contributed by atoms with Gasteiger partial charge in [0.25, 0.3) is 0 Å². The van der Waals surface area contributed by atoms with E-state index in [-0.39, 0.29) is 30.8 Å². The molecule has 134 valence electrons. The third-order valence-electron chi connectivity index (χ3n) is 3.93. The van der Waals surface area contributed by atoms with Gasteiger partial charge < -0.3 is 14.7 Å². The minimum absolute atomic E-state index is 0.0443. The van der Waals surface area contributed by atoms with E-state index in [2.05, 4.69) is 15.0 Å². The molecule has 1 N–H and O–H groups in total. The largest absolute Gasteiger partial charge is 0.433 e. The SMILES string of the molecule is CC1COC(CO)CN1c1cc(C(F)(F)F)nc(-c2cccnc2)n1. The van der Waals surface area contributed by atoms with Crippen molar-refractivity contribution in [3.8, 4) is 11.4 Å². The Morgan fingerprint density at radius 1 is 1.36 bits per heavy atom. The fourth-order valence-corrected chi connectivity index (χ4v) is 2.60. The Morgan fingerprint density at radius 2 is 2.16 bits per heavy atom. The van der Waals surface area contributed by atoms with Crippen LogP contribution < -0.4 is 4.90 Å². The summed E-state index contributed by atoms with van der Waals surface area (Å²) in [5.41, 5.74) is -0.620. The zero-order valence-electron chi connectivity index (χ0n) is 13.4. The highest BCUT2D eigenvalue weighted by atomic mass is 19.4. The smallest absolute Gasteiger partial charge is 0.394 e. The molecule has 3 rings (SSSR count). The zero-order valence-corrected chi connectivity index (χ0v) is 13.4. The summed E-state index contributed by atoms with van der Waals surface area (Å²) in [5.74, 6) is 0.104. The second kappa shape index (κ2) is 6.93. The maximum atomic E-state index is 13.3. The number of nitrogens with zero attached hydrogens (tertiary/aromatic N) is 4. The second-order valence-electron chi connectivity index (χ2n) is 5.81. The first kappa shape index (κ1) is 17.6. The Bertz CT molecular complexity index is 727. The predicted octanol–water partition coefficient (Wildman–Crippen LogP) is 2.14. The lowest BCUT2D eigenvalue weighted by molar-refractivity contribution is -0.141. The van der Waals surface area contributed by atoms with Gasteiger partial charge in [0.05, 0.1) is 25.4 Å². The molecule has 0 bridgehead atoms. The standard InChI is InChI=1S/C16H17F3N4O2/c1-10-9-25-12(8-24)7-23(10)14-5-13(16(17,18)19)21-15(22-14)11-3-2-4-20-6-11/h2-6,10,12,24H,7-9H2,1H3. The number of aliphatic hydroxyl groups is 1. The first-order valence-electron chi connectivity index (χ1n) is 7.74. The van der Waals surface area contributed by atoms with E-state index in [1.165, 1.54) is 12.4 Å². The lowest BCUT2D eigenvalue weighted by atomic mass is 10.2. The van der Waals surface area contributed by atoms with Gasteiger partial charge in [0.2, 0.25) is 0 Å². The molecule has 9 heteroatoms. The first-order valence-corrected chi connectivity index (χ1v) is 7.74. The van der Waals surface area contributed by atoms with Gasteiger partial charge in [-0.3, -0.25) is 4.98 Å². The molecule has 0 amide bonds. The summed E-state index contributed by atoms with van der Waals surface area (Å²) in [7, 11) is 0. The van der Waals surface area contributed by atoms with Crippen LogP contribution in [0.3, 0.4) is 0 Å². The number of aliphatic hydroxyl groups excluding tert-OH is 1. The number of rotatable bonds is 3. The highest BCUT2D eigenvalue weighted by molar-refractivity contribution is 5.57. The highest BCUT2D eigenvalue weighted by Gasteiger charge is 2.35. The van der Waals surface area contributed by atoms with Crippen LogP contribution in [0.15, 0.2) is 30.6 Å². The molecule has 2 atom stereocenters. The number of anilines is 1. The second-order valence-corrected chi connectivity index (χ2v) is 5.81. The Balaban J connectivity index is 2.06. The fraction of sp³-hybridized carbons (Fsp3) is 0.438. The molecule has 1 saturated heterocycles. The molecule has 0 spiro atoms. The molecule has 0 saturated carbocycles. The van der Waals surface area contributed by atoms with Gasteiger partial charge in [-0.1, -0.05) is 0 Å². The van der Waals surface area contributed by atoms with Gasteiger partial charge in [-0.05, 0) is 19.1 Å². The summed E-state index contributed by atoms with van der Waals surface area (Å²) in [4.78, 5) is 13.6. The van der Waals surface area contributed by atoms with Gasteiger partial charge in [-0.25, -0.2) is 9.97 Å². The van der Waals surface area contributed by atoms with Crippen molar-refractivity contribution in [2.45, 2.75) is 25.2 Å². The topological polar surface area (TPSA) is 71.4 Å². The maximum Gasteiger partial charge on any atom is 0.433 e. The number of ether oxygens (including phenoxy) is 1. The molecule has 3 heterocycles. The average Bonchev–Trinajstić information content (AvgIpc) is 2.62. The van der Waals surface area contributed by atoms with E-state index < -0.39 is 18.0 Å². The molecule has 2 aromatic rings. The van der Waals surface area contributed by atoms with Crippen LogP contribution in [0, 0.1) is 0 Å². The lowest BCUT2D eigenvalue weighted by Crippen LogP contribution is -2.50. The molecule has 25 heavy (non-hydrogen) atoms. The Kier molecular flexibility index (Phi) is 4.87. The van der Waals surface area contributed by atoms with E-state index >= 15 is 0 Å². The summed E-state index contributed by atoms with van der Waals surface area (Å²) in [6.45, 7) is 2.15. The molecule has 1 aliphatic rings. The number of halogens is 3. The molecule has 2 aromatic heterocycles. The Hall–Kier alpha value is -2.26. The monoisotopic (exact) mass is 354 g/mol. The van der Waals surface area contributed by atoms with Crippen LogP contribution in [0.25, 0.3) is 11.4 Å². The number of pyridine rings is 1. The van der Waals surface area contributed by atoms with E-state index in [4.69, 9.17) is 4.74 Å².